The molecule has 254 valence electrons. The molecule has 0 aromatic heterocycles. The monoisotopic (exact) mass is 830 g/mol. The van der Waals surface area contributed by atoms with Gasteiger partial charge in [-0.05, 0) is 0 Å². The average Bonchev–Trinajstić information content (AvgIpc) is 3.64. The first-order valence-electron chi connectivity index (χ1n) is 18.9. The molecule has 0 nitrogen and oxygen atoms in total. The topological polar surface area (TPSA) is 0 Å². The summed E-state index contributed by atoms with van der Waals surface area (Å²) in [5.74, 6) is 0. The molecule has 2 heteroatoms. The molecular formula is C47H58HfSi. The molecule has 3 aliphatic rings. The van der Waals surface area contributed by atoms with Gasteiger partial charge in [0.05, 0.1) is 0 Å². The Balaban J connectivity index is 1.41. The molecule has 2 atom stereocenters. The fourth-order valence-electron chi connectivity index (χ4n) is 9.85. The van der Waals surface area contributed by atoms with Crippen LogP contribution in [0.25, 0.3) is 34.4 Å². The number of allylic oxidation sites excluding steroid dienone is 2. The van der Waals surface area contributed by atoms with Crippen molar-refractivity contribution in [2.45, 2.75) is 115 Å². The van der Waals surface area contributed by atoms with Gasteiger partial charge in [-0.2, -0.15) is 0 Å². The van der Waals surface area contributed by atoms with Crippen molar-refractivity contribution in [1.29, 1.82) is 0 Å². The van der Waals surface area contributed by atoms with Crippen LogP contribution in [0.3, 0.4) is 0 Å². The summed E-state index contributed by atoms with van der Waals surface area (Å²) < 4.78 is 6.95. The molecule has 2 aliphatic carbocycles. The molecule has 49 heavy (non-hydrogen) atoms. The van der Waals surface area contributed by atoms with E-state index in [1.54, 1.807) is 22.3 Å². The van der Waals surface area contributed by atoms with Crippen LogP contribution in [-0.4, -0.2) is 8.07 Å². The molecule has 1 aliphatic heterocycles. The standard InChI is InChI=1S/C45H52Si.2CH3.Hf/c1-11-12-23-46(10,36-26-32-15-13-17-40(42(32)28-36)38-21-19-34(24-30(38)2)44(4,5)6)37-27-33-16-14-18-41(43(33)29-37)39-22-20-35(25-31(39)3)45(7,8)9;;;/h13-22,24-29H,11-12,23H2,1-10H3;2*1H3;. The van der Waals surface area contributed by atoms with Crippen LogP contribution in [0.4, 0.5) is 0 Å². The number of hydrogen-bond donors (Lipinski definition) is 0. The number of rotatable bonds is 5. The van der Waals surface area contributed by atoms with E-state index >= 15 is 0 Å². The Morgan fingerprint density at radius 2 is 1.04 bits per heavy atom. The van der Waals surface area contributed by atoms with Gasteiger partial charge in [-0.3, -0.25) is 0 Å². The minimum atomic E-state index is -3.11. The summed E-state index contributed by atoms with van der Waals surface area (Å²) >= 11 is -3.11. The molecule has 4 aromatic carbocycles. The van der Waals surface area contributed by atoms with Crippen molar-refractivity contribution in [2.75, 3.05) is 0 Å². The fourth-order valence-corrected chi connectivity index (χ4v) is 42.4. The van der Waals surface area contributed by atoms with Gasteiger partial charge in [0.25, 0.3) is 0 Å². The predicted molar refractivity (Wildman–Crippen MR) is 215 cm³/mol. The van der Waals surface area contributed by atoms with Crippen LogP contribution in [0.5, 0.6) is 0 Å². The van der Waals surface area contributed by atoms with Crippen LogP contribution >= 0.6 is 0 Å². The van der Waals surface area contributed by atoms with Crippen LogP contribution in [0, 0.1) is 13.8 Å². The van der Waals surface area contributed by atoms with Gasteiger partial charge in [0.15, 0.2) is 0 Å². The van der Waals surface area contributed by atoms with Crippen LogP contribution < -0.4 is 0 Å². The Bertz CT molecular complexity index is 1900. The second-order valence-corrected chi connectivity index (χ2v) is 40.1. The molecule has 4 aromatic rings. The van der Waals surface area contributed by atoms with Gasteiger partial charge in [0.2, 0.25) is 0 Å². The van der Waals surface area contributed by atoms with Crippen LogP contribution in [0.15, 0.2) is 83.2 Å². The quantitative estimate of drug-likeness (QED) is 0.176. The molecule has 0 saturated carbocycles. The van der Waals surface area contributed by atoms with E-state index in [1.165, 1.54) is 63.4 Å². The van der Waals surface area contributed by atoms with Crippen molar-refractivity contribution >= 4 is 20.2 Å². The van der Waals surface area contributed by atoms with Gasteiger partial charge in [0, 0.05) is 0 Å². The molecule has 0 bridgehead atoms. The molecule has 2 unspecified atom stereocenters. The Morgan fingerprint density at radius 3 is 1.41 bits per heavy atom. The SMILES string of the molecule is CCCC[Si]1(C)C2=Cc3c(-c4ccc(C(C)(C)C)cc4C)cccc3[CH]2[Hf]([CH3])([CH3])[CH]2C1=Cc1c(-c3ccc(C(C)(C)C)cc3C)cccc12. The maximum absolute atomic E-state index is 3.11. The van der Waals surface area contributed by atoms with Crippen molar-refractivity contribution in [1.82, 2.24) is 0 Å². The molecule has 1 heterocycles. The van der Waals surface area contributed by atoms with Crippen molar-refractivity contribution in [3.05, 3.63) is 128 Å². The fraction of sp³-hybridized carbons (Fsp3) is 0.404. The first-order valence-corrected chi connectivity index (χ1v) is 33.0. The second kappa shape index (κ2) is 12.0. The molecule has 7 rings (SSSR count). The first-order chi connectivity index (χ1) is 23.0. The first kappa shape index (κ1) is 34.9. The Labute approximate surface area is 303 Å². The molecule has 0 amide bonds. The second-order valence-electron chi connectivity index (χ2n) is 18.5. The van der Waals surface area contributed by atoms with Crippen molar-refractivity contribution in [2.24, 2.45) is 0 Å². The molecular weight excluding hydrogens is 771 g/mol. The number of benzene rings is 4. The van der Waals surface area contributed by atoms with Gasteiger partial charge in [-0.25, -0.2) is 0 Å². The molecule has 0 N–H and O–H groups in total. The zero-order valence-corrected chi connectivity index (χ0v) is 37.0. The molecule has 1 saturated heterocycles. The van der Waals surface area contributed by atoms with Gasteiger partial charge in [-0.15, -0.1) is 0 Å². The zero-order valence-electron chi connectivity index (χ0n) is 32.4. The van der Waals surface area contributed by atoms with Crippen LogP contribution in [0.1, 0.15) is 113 Å². The number of fused-ring (bicyclic) bond motifs is 6. The third-order valence-corrected chi connectivity index (χ3v) is 34.7. The van der Waals surface area contributed by atoms with Crippen molar-refractivity contribution in [3.63, 3.8) is 0 Å². The van der Waals surface area contributed by atoms with Gasteiger partial charge in [-0.1, -0.05) is 0 Å². The summed E-state index contributed by atoms with van der Waals surface area (Å²) in [6, 6.07) is 30.5. The van der Waals surface area contributed by atoms with E-state index in [9.17, 15) is 0 Å². The van der Waals surface area contributed by atoms with E-state index in [4.69, 9.17) is 0 Å². The van der Waals surface area contributed by atoms with Gasteiger partial charge >= 0.3 is 305 Å². The van der Waals surface area contributed by atoms with E-state index in [2.05, 4.69) is 163 Å². The normalized spacial score (nSPS) is 22.2. The molecule has 1 fully saturated rings. The maximum atomic E-state index is 2.81. The van der Waals surface area contributed by atoms with Crippen LogP contribution in [-0.2, 0) is 30.8 Å². The number of hydrogen-bond acceptors (Lipinski definition) is 0. The summed E-state index contributed by atoms with van der Waals surface area (Å²) in [5.41, 5.74) is 18.1. The average molecular weight is 830 g/mol. The number of unbranched alkanes of at least 4 members (excludes halogenated alkanes) is 1. The summed E-state index contributed by atoms with van der Waals surface area (Å²) in [4.78, 5) is 0. The van der Waals surface area contributed by atoms with Gasteiger partial charge in [0.1, 0.15) is 0 Å². The summed E-state index contributed by atoms with van der Waals surface area (Å²) in [5, 5.41) is 3.75. The Morgan fingerprint density at radius 1 is 0.612 bits per heavy atom. The zero-order chi connectivity index (χ0) is 35.3. The van der Waals surface area contributed by atoms with Crippen LogP contribution in [0.2, 0.25) is 22.0 Å². The summed E-state index contributed by atoms with van der Waals surface area (Å²) in [7, 11) is -1.97. The van der Waals surface area contributed by atoms with Crippen molar-refractivity contribution < 1.29 is 20.0 Å². The molecule has 0 radical (unpaired) electrons. The summed E-state index contributed by atoms with van der Waals surface area (Å²) in [6.07, 6.45) is 8.13. The Kier molecular flexibility index (Phi) is 8.55. The van der Waals surface area contributed by atoms with Crippen molar-refractivity contribution in [3.8, 4) is 22.3 Å². The minimum absolute atomic E-state index is 0.154. The van der Waals surface area contributed by atoms with E-state index in [-0.39, 0.29) is 10.8 Å². The summed E-state index contributed by atoms with van der Waals surface area (Å²) in [6.45, 7) is 23.8. The third-order valence-electron chi connectivity index (χ3n) is 12.7. The van der Waals surface area contributed by atoms with E-state index in [0.717, 1.165) is 0 Å². The molecule has 0 spiro atoms. The van der Waals surface area contributed by atoms with E-state index in [0.29, 0.717) is 7.35 Å². The third kappa shape index (κ3) is 5.54. The van der Waals surface area contributed by atoms with E-state index < -0.39 is 28.0 Å². The predicted octanol–water partition coefficient (Wildman–Crippen LogP) is 14.0. The Hall–Kier alpha value is -2.55. The number of aryl methyl sites for hydroxylation is 2. The van der Waals surface area contributed by atoms with E-state index in [1.807, 2.05) is 10.4 Å². The van der Waals surface area contributed by atoms with Gasteiger partial charge < -0.3 is 0 Å².